The molecular weight excluding hydrogens is 449 g/mol. The number of nitrogens with zero attached hydrogens (tertiary/aromatic N) is 2. The van der Waals surface area contributed by atoms with Gasteiger partial charge in [0.15, 0.2) is 5.82 Å². The summed E-state index contributed by atoms with van der Waals surface area (Å²) in [7, 11) is 0. The quantitative estimate of drug-likeness (QED) is 0.603. The molecule has 0 spiro atoms. The normalized spacial score (nSPS) is 10.7. The van der Waals surface area contributed by atoms with Crippen molar-refractivity contribution in [3.8, 4) is 0 Å². The Balaban J connectivity index is 1.70. The lowest BCUT2D eigenvalue weighted by atomic mass is 10.2. The van der Waals surface area contributed by atoms with Crippen molar-refractivity contribution in [3.05, 3.63) is 67.1 Å². The second-order valence-electron chi connectivity index (χ2n) is 4.68. The van der Waals surface area contributed by atoms with E-state index < -0.39 is 0 Å². The van der Waals surface area contributed by atoms with Crippen LogP contribution < -0.4 is 5.32 Å². The first-order chi connectivity index (χ1) is 11.0. The van der Waals surface area contributed by atoms with Crippen molar-refractivity contribution in [2.24, 2.45) is 0 Å². The average molecular weight is 459 g/mol. The van der Waals surface area contributed by atoms with Gasteiger partial charge in [0.05, 0.1) is 15.2 Å². The minimum Gasteiger partial charge on any atom is -0.304 e. The van der Waals surface area contributed by atoms with E-state index in [-0.39, 0.29) is 11.7 Å². The lowest BCUT2D eigenvalue weighted by Gasteiger charge is -2.03. The monoisotopic (exact) mass is 457 g/mol. The Bertz CT molecular complexity index is 843. The SMILES string of the molecule is O=C(Nc1ccn(Cc2ccccc2F)n1)c1cc(Br)c(Br)s1. The van der Waals surface area contributed by atoms with Gasteiger partial charge in [-0.1, -0.05) is 18.2 Å². The van der Waals surface area contributed by atoms with E-state index in [4.69, 9.17) is 0 Å². The summed E-state index contributed by atoms with van der Waals surface area (Å²) in [6.45, 7) is 0.304. The molecule has 118 valence electrons. The number of thiophene rings is 1. The molecule has 0 fully saturated rings. The molecule has 3 rings (SSSR count). The number of hydrogen-bond donors (Lipinski definition) is 1. The van der Waals surface area contributed by atoms with Gasteiger partial charge >= 0.3 is 0 Å². The maximum Gasteiger partial charge on any atom is 0.267 e. The largest absolute Gasteiger partial charge is 0.304 e. The Morgan fingerprint density at radius 1 is 1.30 bits per heavy atom. The smallest absolute Gasteiger partial charge is 0.267 e. The van der Waals surface area contributed by atoms with Gasteiger partial charge in [0, 0.05) is 22.3 Å². The van der Waals surface area contributed by atoms with Crippen molar-refractivity contribution >= 4 is 54.9 Å². The zero-order valence-corrected chi connectivity index (χ0v) is 15.6. The number of rotatable bonds is 4. The summed E-state index contributed by atoms with van der Waals surface area (Å²) in [5.74, 6) is -0.0913. The number of carbonyl (C=O) groups is 1. The van der Waals surface area contributed by atoms with Gasteiger partial charge in [-0.25, -0.2) is 4.39 Å². The van der Waals surface area contributed by atoms with Crippen LogP contribution >= 0.6 is 43.2 Å². The highest BCUT2D eigenvalue weighted by molar-refractivity contribution is 9.13. The lowest BCUT2D eigenvalue weighted by Crippen LogP contribution is -2.11. The van der Waals surface area contributed by atoms with Crippen LogP contribution in [0, 0.1) is 5.82 Å². The van der Waals surface area contributed by atoms with Gasteiger partial charge in [-0.3, -0.25) is 9.48 Å². The van der Waals surface area contributed by atoms with Crippen LogP contribution in [0.15, 0.2) is 50.9 Å². The number of hydrogen-bond acceptors (Lipinski definition) is 3. The Morgan fingerprint density at radius 3 is 2.78 bits per heavy atom. The Morgan fingerprint density at radius 2 is 2.09 bits per heavy atom. The number of aromatic nitrogens is 2. The van der Waals surface area contributed by atoms with Crippen LogP contribution in [0.25, 0.3) is 0 Å². The molecule has 0 saturated carbocycles. The van der Waals surface area contributed by atoms with Gasteiger partial charge in [-0.2, -0.15) is 5.10 Å². The summed E-state index contributed by atoms with van der Waals surface area (Å²) in [5.41, 5.74) is 0.541. The molecular formula is C15H10Br2FN3OS. The predicted molar refractivity (Wildman–Crippen MR) is 95.4 cm³/mol. The maximum atomic E-state index is 13.6. The van der Waals surface area contributed by atoms with Crippen LogP contribution in [0.5, 0.6) is 0 Å². The van der Waals surface area contributed by atoms with E-state index in [1.165, 1.54) is 17.4 Å². The number of carbonyl (C=O) groups excluding carboxylic acids is 1. The minimum atomic E-state index is -0.276. The fourth-order valence-corrected chi connectivity index (χ4v) is 3.88. The molecule has 2 aromatic heterocycles. The fourth-order valence-electron chi connectivity index (χ4n) is 1.95. The third-order valence-corrected chi connectivity index (χ3v) is 6.30. The third-order valence-electron chi connectivity index (χ3n) is 3.04. The minimum absolute atomic E-state index is 0.238. The molecule has 1 N–H and O–H groups in total. The molecule has 0 aliphatic rings. The van der Waals surface area contributed by atoms with E-state index in [2.05, 4.69) is 42.3 Å². The highest BCUT2D eigenvalue weighted by Gasteiger charge is 2.13. The Kier molecular flexibility index (Phi) is 4.93. The molecule has 0 aliphatic carbocycles. The van der Waals surface area contributed by atoms with Crippen molar-refractivity contribution in [2.45, 2.75) is 6.54 Å². The Labute approximate surface area is 152 Å². The van der Waals surface area contributed by atoms with Crippen molar-refractivity contribution in [1.82, 2.24) is 9.78 Å². The van der Waals surface area contributed by atoms with Gasteiger partial charge in [0.1, 0.15) is 5.82 Å². The van der Waals surface area contributed by atoms with Gasteiger partial charge < -0.3 is 5.32 Å². The van der Waals surface area contributed by atoms with Crippen molar-refractivity contribution in [2.75, 3.05) is 5.32 Å². The van der Waals surface area contributed by atoms with Crippen molar-refractivity contribution < 1.29 is 9.18 Å². The third kappa shape index (κ3) is 3.88. The molecule has 0 bridgehead atoms. The second-order valence-corrected chi connectivity index (χ2v) is 7.90. The van der Waals surface area contributed by atoms with Crippen LogP contribution in [0.4, 0.5) is 10.2 Å². The number of amides is 1. The maximum absolute atomic E-state index is 13.6. The van der Waals surface area contributed by atoms with Gasteiger partial charge in [-0.15, -0.1) is 11.3 Å². The summed E-state index contributed by atoms with van der Waals surface area (Å²) in [5, 5.41) is 6.96. The zero-order chi connectivity index (χ0) is 16.4. The zero-order valence-electron chi connectivity index (χ0n) is 11.6. The highest BCUT2D eigenvalue weighted by atomic mass is 79.9. The van der Waals surface area contributed by atoms with Crippen LogP contribution in [-0.2, 0) is 6.54 Å². The Hall–Kier alpha value is -1.51. The summed E-state index contributed by atoms with van der Waals surface area (Å²) in [6, 6.07) is 9.95. The highest BCUT2D eigenvalue weighted by Crippen LogP contribution is 2.32. The molecule has 0 atom stereocenters. The number of anilines is 1. The van der Waals surface area contributed by atoms with E-state index >= 15 is 0 Å². The topological polar surface area (TPSA) is 46.9 Å². The molecule has 1 amide bonds. The fraction of sp³-hybridized carbons (Fsp3) is 0.0667. The molecule has 0 radical (unpaired) electrons. The first-order valence-electron chi connectivity index (χ1n) is 6.56. The predicted octanol–water partition coefficient (Wildman–Crippen LogP) is 4.91. The molecule has 0 unspecified atom stereocenters. The van der Waals surface area contributed by atoms with E-state index in [9.17, 15) is 9.18 Å². The van der Waals surface area contributed by atoms with Crippen LogP contribution in [0.2, 0.25) is 0 Å². The molecule has 3 aromatic rings. The van der Waals surface area contributed by atoms with E-state index in [1.54, 1.807) is 41.2 Å². The van der Waals surface area contributed by atoms with E-state index in [1.807, 2.05) is 0 Å². The molecule has 0 saturated heterocycles. The van der Waals surface area contributed by atoms with Crippen LogP contribution in [0.1, 0.15) is 15.2 Å². The van der Waals surface area contributed by atoms with E-state index in [0.29, 0.717) is 22.8 Å². The number of nitrogens with one attached hydrogen (secondary N) is 1. The van der Waals surface area contributed by atoms with E-state index in [0.717, 1.165) is 8.26 Å². The first-order valence-corrected chi connectivity index (χ1v) is 8.96. The summed E-state index contributed by atoms with van der Waals surface area (Å²) in [6.07, 6.45) is 1.70. The molecule has 8 heteroatoms. The van der Waals surface area contributed by atoms with Crippen LogP contribution in [-0.4, -0.2) is 15.7 Å². The molecule has 4 nitrogen and oxygen atoms in total. The standard InChI is InChI=1S/C15H10Br2FN3OS/c16-10-7-12(23-14(10)17)15(22)19-13-5-6-21(20-13)8-9-3-1-2-4-11(9)18/h1-7H,8H2,(H,19,20,22). The number of benzene rings is 1. The van der Waals surface area contributed by atoms with Gasteiger partial charge in [0.2, 0.25) is 0 Å². The lowest BCUT2D eigenvalue weighted by molar-refractivity contribution is 0.103. The van der Waals surface area contributed by atoms with Crippen LogP contribution in [0.3, 0.4) is 0 Å². The van der Waals surface area contributed by atoms with Gasteiger partial charge in [0.25, 0.3) is 5.91 Å². The summed E-state index contributed by atoms with van der Waals surface area (Å²) < 4.78 is 16.9. The molecule has 0 aliphatic heterocycles. The van der Waals surface area contributed by atoms with Crippen molar-refractivity contribution in [1.29, 1.82) is 0 Å². The van der Waals surface area contributed by atoms with Gasteiger partial charge in [-0.05, 0) is 44.0 Å². The summed E-state index contributed by atoms with van der Waals surface area (Å²) >= 11 is 8.03. The molecule has 2 heterocycles. The second kappa shape index (κ2) is 6.94. The first kappa shape index (κ1) is 16.4. The molecule has 23 heavy (non-hydrogen) atoms. The average Bonchev–Trinajstić information content (AvgIpc) is 3.09. The summed E-state index contributed by atoms with van der Waals surface area (Å²) in [4.78, 5) is 12.7. The van der Waals surface area contributed by atoms with Crippen molar-refractivity contribution in [3.63, 3.8) is 0 Å². The number of halogens is 3. The molecule has 1 aromatic carbocycles.